The molecule has 0 atom stereocenters. The molecule has 0 aromatic heterocycles. The van der Waals surface area contributed by atoms with Crippen LogP contribution in [0.25, 0.3) is 0 Å². The predicted octanol–water partition coefficient (Wildman–Crippen LogP) is 6.06. The second kappa shape index (κ2) is 9.80. The number of thiocarbonyl (C=S) groups is 1. The van der Waals surface area contributed by atoms with Crippen molar-refractivity contribution < 1.29 is 22.7 Å². The van der Waals surface area contributed by atoms with E-state index < -0.39 is 17.6 Å². The standard InChI is InChI=1S/C22H16ClF3N2O2S/c23-18-12-16(22(24,25)26)9-10-19(18)27-21(31)28-20(29)15-7-4-8-17(11-15)30-13-14-5-2-1-3-6-14/h1-12H,13H2,(H2,27,28,29,31). The summed E-state index contributed by atoms with van der Waals surface area (Å²) in [7, 11) is 0. The van der Waals surface area contributed by atoms with E-state index in [4.69, 9.17) is 28.6 Å². The quantitative estimate of drug-likeness (QED) is 0.450. The lowest BCUT2D eigenvalue weighted by atomic mass is 10.2. The van der Waals surface area contributed by atoms with Gasteiger partial charge in [-0.15, -0.1) is 0 Å². The Kier molecular flexibility index (Phi) is 7.14. The molecule has 9 heteroatoms. The maximum atomic E-state index is 12.7. The van der Waals surface area contributed by atoms with Gasteiger partial charge in [0, 0.05) is 5.56 Å². The molecule has 3 rings (SSSR count). The van der Waals surface area contributed by atoms with Crippen LogP contribution in [-0.2, 0) is 12.8 Å². The highest BCUT2D eigenvalue weighted by Crippen LogP contribution is 2.33. The fourth-order valence-electron chi connectivity index (χ4n) is 2.59. The first kappa shape index (κ1) is 22.6. The van der Waals surface area contributed by atoms with E-state index in [9.17, 15) is 18.0 Å². The number of benzene rings is 3. The fourth-order valence-corrected chi connectivity index (χ4v) is 3.02. The number of amides is 1. The first-order valence-electron chi connectivity index (χ1n) is 8.98. The minimum Gasteiger partial charge on any atom is -0.489 e. The Bertz CT molecular complexity index is 1090. The van der Waals surface area contributed by atoms with Gasteiger partial charge in [0.15, 0.2) is 5.11 Å². The van der Waals surface area contributed by atoms with Crippen molar-refractivity contribution in [2.75, 3.05) is 5.32 Å². The molecule has 3 aromatic rings. The lowest BCUT2D eigenvalue weighted by molar-refractivity contribution is -0.137. The lowest BCUT2D eigenvalue weighted by Gasteiger charge is -2.13. The Hall–Kier alpha value is -3.10. The van der Waals surface area contributed by atoms with Crippen LogP contribution in [0, 0.1) is 0 Å². The maximum Gasteiger partial charge on any atom is 0.416 e. The Balaban J connectivity index is 1.60. The van der Waals surface area contributed by atoms with Gasteiger partial charge in [-0.2, -0.15) is 13.2 Å². The summed E-state index contributed by atoms with van der Waals surface area (Å²) in [5.74, 6) is -0.00754. The van der Waals surface area contributed by atoms with Crippen molar-refractivity contribution >= 4 is 40.5 Å². The van der Waals surface area contributed by atoms with Gasteiger partial charge in [0.2, 0.25) is 0 Å². The average Bonchev–Trinajstić information content (AvgIpc) is 2.74. The highest BCUT2D eigenvalue weighted by Gasteiger charge is 2.30. The van der Waals surface area contributed by atoms with Gasteiger partial charge in [0.25, 0.3) is 5.91 Å². The van der Waals surface area contributed by atoms with Crippen LogP contribution in [0.5, 0.6) is 5.75 Å². The molecule has 0 radical (unpaired) electrons. The van der Waals surface area contributed by atoms with Crippen LogP contribution in [-0.4, -0.2) is 11.0 Å². The van der Waals surface area contributed by atoms with E-state index in [1.165, 1.54) is 0 Å². The van der Waals surface area contributed by atoms with Crippen molar-refractivity contribution in [2.24, 2.45) is 0 Å². The molecule has 0 aliphatic carbocycles. The van der Waals surface area contributed by atoms with Crippen LogP contribution in [0.4, 0.5) is 18.9 Å². The number of anilines is 1. The first-order valence-corrected chi connectivity index (χ1v) is 9.77. The molecule has 0 fully saturated rings. The predicted molar refractivity (Wildman–Crippen MR) is 117 cm³/mol. The molecule has 31 heavy (non-hydrogen) atoms. The zero-order valence-electron chi connectivity index (χ0n) is 15.9. The average molecular weight is 465 g/mol. The molecule has 0 unspecified atom stereocenters. The zero-order valence-corrected chi connectivity index (χ0v) is 17.4. The van der Waals surface area contributed by atoms with E-state index in [1.807, 2.05) is 30.3 Å². The second-order valence-corrected chi connectivity index (χ2v) is 7.22. The van der Waals surface area contributed by atoms with Crippen molar-refractivity contribution in [3.63, 3.8) is 0 Å². The van der Waals surface area contributed by atoms with Gasteiger partial charge in [-0.1, -0.05) is 48.0 Å². The summed E-state index contributed by atoms with van der Waals surface area (Å²) in [6.45, 7) is 0.346. The van der Waals surface area contributed by atoms with Crippen LogP contribution < -0.4 is 15.4 Å². The number of carbonyl (C=O) groups excluding carboxylic acids is 1. The molecule has 0 spiro atoms. The van der Waals surface area contributed by atoms with E-state index in [-0.39, 0.29) is 15.8 Å². The molecular weight excluding hydrogens is 449 g/mol. The SMILES string of the molecule is O=C(NC(=S)Nc1ccc(C(F)(F)F)cc1Cl)c1cccc(OCc2ccccc2)c1. The minimum atomic E-state index is -4.51. The van der Waals surface area contributed by atoms with Crippen molar-refractivity contribution in [1.82, 2.24) is 5.32 Å². The van der Waals surface area contributed by atoms with Gasteiger partial charge in [-0.25, -0.2) is 0 Å². The molecule has 4 nitrogen and oxygen atoms in total. The summed E-state index contributed by atoms with van der Waals surface area (Å²) in [5, 5.41) is 4.80. The van der Waals surface area contributed by atoms with Crippen LogP contribution in [0.2, 0.25) is 5.02 Å². The monoisotopic (exact) mass is 464 g/mol. The Morgan fingerprint density at radius 3 is 2.42 bits per heavy atom. The molecular formula is C22H16ClF3N2O2S. The Morgan fingerprint density at radius 1 is 1.00 bits per heavy atom. The maximum absolute atomic E-state index is 12.7. The largest absolute Gasteiger partial charge is 0.489 e. The highest BCUT2D eigenvalue weighted by atomic mass is 35.5. The van der Waals surface area contributed by atoms with Gasteiger partial charge in [0.05, 0.1) is 16.3 Å². The third-order valence-electron chi connectivity index (χ3n) is 4.12. The van der Waals surface area contributed by atoms with Crippen molar-refractivity contribution in [2.45, 2.75) is 12.8 Å². The van der Waals surface area contributed by atoms with Gasteiger partial charge in [0.1, 0.15) is 12.4 Å². The molecule has 160 valence electrons. The topological polar surface area (TPSA) is 50.4 Å². The number of ether oxygens (including phenoxy) is 1. The number of hydrogen-bond acceptors (Lipinski definition) is 3. The van der Waals surface area contributed by atoms with Gasteiger partial charge >= 0.3 is 6.18 Å². The van der Waals surface area contributed by atoms with E-state index >= 15 is 0 Å². The van der Waals surface area contributed by atoms with Crippen molar-refractivity contribution in [3.8, 4) is 5.75 Å². The van der Waals surface area contributed by atoms with E-state index in [1.54, 1.807) is 24.3 Å². The summed E-state index contributed by atoms with van der Waals surface area (Å²) < 4.78 is 43.9. The molecule has 1 amide bonds. The van der Waals surface area contributed by atoms with E-state index in [0.29, 0.717) is 17.9 Å². The molecule has 0 saturated carbocycles. The van der Waals surface area contributed by atoms with Crippen LogP contribution in [0.15, 0.2) is 72.8 Å². The fraction of sp³-hybridized carbons (Fsp3) is 0.0909. The lowest BCUT2D eigenvalue weighted by Crippen LogP contribution is -2.34. The number of rotatable bonds is 5. The van der Waals surface area contributed by atoms with Crippen molar-refractivity contribution in [3.05, 3.63) is 94.5 Å². The Labute approximate surface area is 187 Å². The molecule has 2 N–H and O–H groups in total. The van der Waals surface area contributed by atoms with Crippen LogP contribution >= 0.6 is 23.8 Å². The molecule has 0 aliphatic rings. The molecule has 0 aliphatic heterocycles. The highest BCUT2D eigenvalue weighted by molar-refractivity contribution is 7.80. The summed E-state index contributed by atoms with van der Waals surface area (Å²) in [4.78, 5) is 12.5. The third kappa shape index (κ3) is 6.44. The number of alkyl halides is 3. The smallest absolute Gasteiger partial charge is 0.416 e. The van der Waals surface area contributed by atoms with Gasteiger partial charge < -0.3 is 10.1 Å². The van der Waals surface area contributed by atoms with E-state index in [2.05, 4.69) is 10.6 Å². The van der Waals surface area contributed by atoms with Crippen molar-refractivity contribution in [1.29, 1.82) is 0 Å². The van der Waals surface area contributed by atoms with E-state index in [0.717, 1.165) is 23.8 Å². The molecule has 0 saturated heterocycles. The van der Waals surface area contributed by atoms with Gasteiger partial charge in [-0.05, 0) is 54.2 Å². The minimum absolute atomic E-state index is 0.109. The third-order valence-corrected chi connectivity index (χ3v) is 4.63. The normalized spacial score (nSPS) is 11.0. The summed E-state index contributed by atoms with van der Waals surface area (Å²) >= 11 is 11.0. The number of nitrogens with one attached hydrogen (secondary N) is 2. The molecule has 0 bridgehead atoms. The van der Waals surface area contributed by atoms with Gasteiger partial charge in [-0.3, -0.25) is 10.1 Å². The number of carbonyl (C=O) groups is 1. The van der Waals surface area contributed by atoms with Crippen LogP contribution in [0.1, 0.15) is 21.5 Å². The summed E-state index contributed by atoms with van der Waals surface area (Å²) in [6.07, 6.45) is -4.51. The molecule has 0 heterocycles. The Morgan fingerprint density at radius 2 is 1.74 bits per heavy atom. The molecule has 3 aromatic carbocycles. The summed E-state index contributed by atoms with van der Waals surface area (Å²) in [5.41, 5.74) is 0.537. The first-order chi connectivity index (χ1) is 14.7. The number of hydrogen-bond donors (Lipinski definition) is 2. The number of halogens is 4. The zero-order chi connectivity index (χ0) is 22.4. The van der Waals surface area contributed by atoms with Crippen LogP contribution in [0.3, 0.4) is 0 Å². The second-order valence-electron chi connectivity index (χ2n) is 6.40. The summed E-state index contributed by atoms with van der Waals surface area (Å²) in [6, 6.07) is 18.9.